The van der Waals surface area contributed by atoms with Gasteiger partial charge in [0.15, 0.2) is 0 Å². The van der Waals surface area contributed by atoms with Gasteiger partial charge in [-0.2, -0.15) is 0 Å². The van der Waals surface area contributed by atoms with Crippen LogP contribution in [0.5, 0.6) is 0 Å². The molecule has 86 valence electrons. The standard InChI is InChI=1S/C11H18ClNO2/c1-8(12)10(15)13-5-9(6-14)11(7-13)3-2-4-11/h8-9,14H,2-7H2,1H3/t8-,9+/m0/s1. The Morgan fingerprint density at radius 3 is 2.67 bits per heavy atom. The molecule has 4 heteroatoms. The number of aliphatic hydroxyl groups excluding tert-OH is 1. The van der Waals surface area contributed by atoms with Gasteiger partial charge >= 0.3 is 0 Å². The molecule has 1 spiro atoms. The molecule has 1 saturated carbocycles. The Balaban J connectivity index is 2.05. The van der Waals surface area contributed by atoms with Crippen LogP contribution in [0.2, 0.25) is 0 Å². The van der Waals surface area contributed by atoms with Crippen molar-refractivity contribution in [2.24, 2.45) is 11.3 Å². The molecule has 0 bridgehead atoms. The topological polar surface area (TPSA) is 40.5 Å². The molecule has 2 fully saturated rings. The highest BCUT2D eigenvalue weighted by Gasteiger charge is 2.51. The maximum Gasteiger partial charge on any atom is 0.240 e. The third kappa shape index (κ3) is 1.76. The van der Waals surface area contributed by atoms with Gasteiger partial charge in [0, 0.05) is 25.6 Å². The Kier molecular flexibility index (Phi) is 2.95. The highest BCUT2D eigenvalue weighted by atomic mass is 35.5. The van der Waals surface area contributed by atoms with E-state index in [1.807, 2.05) is 4.90 Å². The lowest BCUT2D eigenvalue weighted by molar-refractivity contribution is -0.130. The first kappa shape index (κ1) is 11.2. The monoisotopic (exact) mass is 231 g/mol. The summed E-state index contributed by atoms with van der Waals surface area (Å²) in [4.78, 5) is 13.6. The summed E-state index contributed by atoms with van der Waals surface area (Å²) in [5.74, 6) is 0.282. The normalized spacial score (nSPS) is 30.3. The number of amides is 1. The Hall–Kier alpha value is -0.280. The van der Waals surface area contributed by atoms with Crippen molar-refractivity contribution in [1.82, 2.24) is 4.90 Å². The van der Waals surface area contributed by atoms with Crippen LogP contribution >= 0.6 is 11.6 Å². The van der Waals surface area contributed by atoms with E-state index in [2.05, 4.69) is 0 Å². The van der Waals surface area contributed by atoms with Crippen LogP contribution in [0.3, 0.4) is 0 Å². The molecule has 2 rings (SSSR count). The van der Waals surface area contributed by atoms with Crippen molar-refractivity contribution in [1.29, 1.82) is 0 Å². The number of aliphatic hydroxyl groups is 1. The second-order valence-corrected chi connectivity index (χ2v) is 5.58. The molecular formula is C11H18ClNO2. The van der Waals surface area contributed by atoms with E-state index in [1.165, 1.54) is 6.42 Å². The number of hydrogen-bond acceptors (Lipinski definition) is 2. The lowest BCUT2D eigenvalue weighted by atomic mass is 9.63. The van der Waals surface area contributed by atoms with Crippen LogP contribution in [-0.4, -0.2) is 41.0 Å². The molecule has 0 radical (unpaired) electrons. The Morgan fingerprint density at radius 2 is 2.33 bits per heavy atom. The van der Waals surface area contributed by atoms with Gasteiger partial charge in [0.2, 0.25) is 5.91 Å². The second-order valence-electron chi connectivity index (χ2n) is 4.93. The van der Waals surface area contributed by atoms with E-state index in [9.17, 15) is 9.90 Å². The number of likely N-dealkylation sites (tertiary alicyclic amines) is 1. The van der Waals surface area contributed by atoms with Crippen LogP contribution in [0.4, 0.5) is 0 Å². The number of hydrogen-bond donors (Lipinski definition) is 1. The largest absolute Gasteiger partial charge is 0.396 e. The molecule has 0 aromatic carbocycles. The molecule has 1 aliphatic heterocycles. The highest BCUT2D eigenvalue weighted by Crippen LogP contribution is 2.51. The summed E-state index contributed by atoms with van der Waals surface area (Å²) in [5.41, 5.74) is 0.218. The molecule has 2 atom stereocenters. The quantitative estimate of drug-likeness (QED) is 0.727. The van der Waals surface area contributed by atoms with Crippen LogP contribution in [0, 0.1) is 11.3 Å². The van der Waals surface area contributed by atoms with Crippen LogP contribution < -0.4 is 0 Å². The minimum Gasteiger partial charge on any atom is -0.396 e. The molecule has 1 heterocycles. The fourth-order valence-corrected chi connectivity index (χ4v) is 3.04. The summed E-state index contributed by atoms with van der Waals surface area (Å²) < 4.78 is 0. The van der Waals surface area contributed by atoms with Crippen molar-refractivity contribution in [3.05, 3.63) is 0 Å². The van der Waals surface area contributed by atoms with Crippen LogP contribution in [-0.2, 0) is 4.79 Å². The molecule has 0 aromatic heterocycles. The summed E-state index contributed by atoms with van der Waals surface area (Å²) in [5, 5.41) is 8.89. The predicted octanol–water partition coefficient (Wildman–Crippen LogP) is 1.23. The number of alkyl halides is 1. The smallest absolute Gasteiger partial charge is 0.240 e. The van der Waals surface area contributed by atoms with Crippen molar-refractivity contribution in [2.75, 3.05) is 19.7 Å². The lowest BCUT2D eigenvalue weighted by Gasteiger charge is -2.42. The van der Waals surface area contributed by atoms with Gasteiger partial charge in [-0.05, 0) is 25.2 Å². The first-order valence-electron chi connectivity index (χ1n) is 5.63. The van der Waals surface area contributed by atoms with Gasteiger partial charge in [-0.15, -0.1) is 11.6 Å². The zero-order chi connectivity index (χ0) is 11.1. The van der Waals surface area contributed by atoms with E-state index < -0.39 is 5.38 Å². The Morgan fingerprint density at radius 1 is 1.67 bits per heavy atom. The summed E-state index contributed by atoms with van der Waals surface area (Å²) in [6, 6.07) is 0. The minimum atomic E-state index is -0.445. The van der Waals surface area contributed by atoms with Gasteiger partial charge in [-0.1, -0.05) is 6.42 Å². The minimum absolute atomic E-state index is 0.0129. The van der Waals surface area contributed by atoms with Gasteiger partial charge in [-0.3, -0.25) is 4.79 Å². The average Bonchev–Trinajstić information content (AvgIpc) is 2.55. The van der Waals surface area contributed by atoms with Crippen LogP contribution in [0.1, 0.15) is 26.2 Å². The maximum atomic E-state index is 11.7. The Labute approximate surface area is 95.4 Å². The highest BCUT2D eigenvalue weighted by molar-refractivity contribution is 6.30. The fraction of sp³-hybridized carbons (Fsp3) is 0.909. The molecule has 15 heavy (non-hydrogen) atoms. The van der Waals surface area contributed by atoms with E-state index >= 15 is 0 Å². The van der Waals surface area contributed by atoms with Crippen molar-refractivity contribution < 1.29 is 9.90 Å². The van der Waals surface area contributed by atoms with Gasteiger partial charge in [0.25, 0.3) is 0 Å². The van der Waals surface area contributed by atoms with Gasteiger partial charge < -0.3 is 10.0 Å². The molecule has 0 aromatic rings. The van der Waals surface area contributed by atoms with E-state index in [1.54, 1.807) is 6.92 Å². The molecule has 0 unspecified atom stereocenters. The molecule has 3 nitrogen and oxygen atoms in total. The van der Waals surface area contributed by atoms with E-state index in [0.717, 1.165) is 19.4 Å². The summed E-state index contributed by atoms with van der Waals surface area (Å²) >= 11 is 5.80. The van der Waals surface area contributed by atoms with Gasteiger partial charge in [0.1, 0.15) is 5.38 Å². The van der Waals surface area contributed by atoms with Gasteiger partial charge in [-0.25, -0.2) is 0 Å². The Bertz CT molecular complexity index is 263. The fourth-order valence-electron chi connectivity index (χ4n) is 2.90. The van der Waals surface area contributed by atoms with E-state index in [-0.39, 0.29) is 23.8 Å². The third-order valence-corrected chi connectivity index (χ3v) is 4.22. The lowest BCUT2D eigenvalue weighted by Crippen LogP contribution is -2.40. The molecule has 1 amide bonds. The summed E-state index contributed by atoms with van der Waals surface area (Å²) in [6.45, 7) is 3.39. The zero-order valence-electron chi connectivity index (χ0n) is 9.08. The number of halogens is 1. The van der Waals surface area contributed by atoms with Crippen molar-refractivity contribution in [3.63, 3.8) is 0 Å². The molecule has 2 aliphatic rings. The van der Waals surface area contributed by atoms with Crippen molar-refractivity contribution >= 4 is 17.5 Å². The number of carbonyl (C=O) groups is 1. The predicted molar refractivity (Wildman–Crippen MR) is 58.8 cm³/mol. The second kappa shape index (κ2) is 3.95. The first-order chi connectivity index (χ1) is 7.09. The average molecular weight is 232 g/mol. The third-order valence-electron chi connectivity index (χ3n) is 4.03. The SMILES string of the molecule is C[C@H](Cl)C(=O)N1C[C@H](CO)C2(CCC2)C1. The number of rotatable bonds is 2. The zero-order valence-corrected chi connectivity index (χ0v) is 9.83. The van der Waals surface area contributed by atoms with Crippen LogP contribution in [0.25, 0.3) is 0 Å². The van der Waals surface area contributed by atoms with Crippen molar-refractivity contribution in [3.8, 4) is 0 Å². The molecular weight excluding hydrogens is 214 g/mol. The van der Waals surface area contributed by atoms with Crippen LogP contribution in [0.15, 0.2) is 0 Å². The molecule has 1 aliphatic carbocycles. The number of nitrogens with zero attached hydrogens (tertiary/aromatic N) is 1. The summed E-state index contributed by atoms with van der Waals surface area (Å²) in [7, 11) is 0. The van der Waals surface area contributed by atoms with Crippen molar-refractivity contribution in [2.45, 2.75) is 31.6 Å². The van der Waals surface area contributed by atoms with E-state index in [0.29, 0.717) is 6.54 Å². The maximum absolute atomic E-state index is 11.7. The first-order valence-corrected chi connectivity index (χ1v) is 6.06. The summed E-state index contributed by atoms with van der Waals surface area (Å²) in [6.07, 6.45) is 3.53. The van der Waals surface area contributed by atoms with E-state index in [4.69, 9.17) is 11.6 Å². The molecule has 1 saturated heterocycles. The molecule has 1 N–H and O–H groups in total. The van der Waals surface area contributed by atoms with Gasteiger partial charge in [0.05, 0.1) is 0 Å². The number of carbonyl (C=O) groups excluding carboxylic acids is 1.